The third-order valence-corrected chi connectivity index (χ3v) is 7.08. The van der Waals surface area contributed by atoms with Crippen molar-refractivity contribution >= 4 is 0 Å². The Hall–Kier alpha value is 0. The van der Waals surface area contributed by atoms with Gasteiger partial charge in [0.15, 0.2) is 0 Å². The van der Waals surface area contributed by atoms with Crippen LogP contribution >= 0.6 is 0 Å². The van der Waals surface area contributed by atoms with Crippen molar-refractivity contribution in [2.45, 2.75) is 59.3 Å². The predicted molar refractivity (Wildman–Crippen MR) is 79.4 cm³/mol. The van der Waals surface area contributed by atoms with E-state index in [0.717, 1.165) is 23.7 Å². The van der Waals surface area contributed by atoms with Crippen LogP contribution in [0.2, 0.25) is 0 Å². The molecule has 103 valence electrons. The fraction of sp³-hybridized carbons (Fsp3) is 0.737. The van der Waals surface area contributed by atoms with Gasteiger partial charge in [-0.05, 0) is 85.4 Å². The van der Waals surface area contributed by atoms with Crippen LogP contribution in [-0.4, -0.2) is 0 Å². The van der Waals surface area contributed by atoms with Crippen LogP contribution in [0.5, 0.6) is 0 Å². The second kappa shape index (κ2) is 4.25. The zero-order chi connectivity index (χ0) is 13.2. The number of hydrogen-bond acceptors (Lipinski definition) is 0. The van der Waals surface area contributed by atoms with Gasteiger partial charge in [-0.1, -0.05) is 33.6 Å². The molecule has 0 N–H and O–H groups in total. The summed E-state index contributed by atoms with van der Waals surface area (Å²) in [5, 5.41) is 0. The topological polar surface area (TPSA) is 0 Å². The minimum atomic E-state index is 0.628. The van der Waals surface area contributed by atoms with Gasteiger partial charge in [-0.25, -0.2) is 0 Å². The van der Waals surface area contributed by atoms with Crippen LogP contribution in [-0.2, 0) is 0 Å². The molecular formula is C19H27. The molecule has 5 saturated carbocycles. The molecule has 2 bridgehead atoms. The molecule has 5 rings (SSSR count). The third kappa shape index (κ3) is 1.70. The second-order valence-electron chi connectivity index (χ2n) is 8.06. The van der Waals surface area contributed by atoms with Gasteiger partial charge in [-0.15, -0.1) is 0 Å². The van der Waals surface area contributed by atoms with Crippen molar-refractivity contribution in [3.8, 4) is 0 Å². The number of rotatable bonds is 1. The van der Waals surface area contributed by atoms with Gasteiger partial charge < -0.3 is 0 Å². The Morgan fingerprint density at radius 3 is 2.58 bits per heavy atom. The smallest absolute Gasteiger partial charge is 0.00966 e. The first-order valence-corrected chi connectivity index (χ1v) is 8.36. The van der Waals surface area contributed by atoms with Crippen molar-refractivity contribution in [3.05, 3.63) is 30.6 Å². The molecule has 4 atom stereocenters. The Morgan fingerprint density at radius 1 is 1.05 bits per heavy atom. The average molecular weight is 255 g/mol. The highest BCUT2D eigenvalue weighted by molar-refractivity contribution is 5.53. The van der Waals surface area contributed by atoms with Crippen molar-refractivity contribution in [1.82, 2.24) is 0 Å². The van der Waals surface area contributed by atoms with Gasteiger partial charge in [0.2, 0.25) is 0 Å². The van der Waals surface area contributed by atoms with E-state index in [1.54, 1.807) is 17.8 Å². The Labute approximate surface area is 119 Å². The SMILES string of the molecule is C[C@@H]1C([C]2[CH][CH][C]3CCCC[C]32)C[C@H]2C[C@@H]1C2(C)C. The summed E-state index contributed by atoms with van der Waals surface area (Å²) >= 11 is 0. The molecule has 0 spiro atoms. The summed E-state index contributed by atoms with van der Waals surface area (Å²) in [4.78, 5) is 0. The fourth-order valence-electron chi connectivity index (χ4n) is 5.64. The number of hydrogen-bond donors (Lipinski definition) is 0. The molecule has 5 radical (unpaired) electrons. The minimum absolute atomic E-state index is 0.628. The first kappa shape index (κ1) is 12.7. The molecule has 5 fully saturated rings. The summed E-state index contributed by atoms with van der Waals surface area (Å²) in [6, 6.07) is 0. The molecule has 0 aliphatic heterocycles. The molecule has 0 heteroatoms. The lowest BCUT2D eigenvalue weighted by molar-refractivity contribution is -0.123. The van der Waals surface area contributed by atoms with Crippen molar-refractivity contribution in [3.63, 3.8) is 0 Å². The van der Waals surface area contributed by atoms with E-state index in [4.69, 9.17) is 0 Å². The average Bonchev–Trinajstić information content (AvgIpc) is 2.82. The Bertz CT molecular complexity index is 355. The van der Waals surface area contributed by atoms with Crippen LogP contribution in [0.3, 0.4) is 0 Å². The van der Waals surface area contributed by atoms with E-state index in [9.17, 15) is 0 Å². The van der Waals surface area contributed by atoms with E-state index in [2.05, 4.69) is 33.6 Å². The quantitative estimate of drug-likeness (QED) is 0.617. The highest BCUT2D eigenvalue weighted by Crippen LogP contribution is 2.67. The van der Waals surface area contributed by atoms with E-state index >= 15 is 0 Å². The van der Waals surface area contributed by atoms with Gasteiger partial charge in [-0.2, -0.15) is 0 Å². The zero-order valence-corrected chi connectivity index (χ0v) is 12.7. The van der Waals surface area contributed by atoms with Crippen LogP contribution in [0.1, 0.15) is 59.3 Å². The lowest BCUT2D eigenvalue weighted by atomic mass is 9.42. The van der Waals surface area contributed by atoms with Gasteiger partial charge in [0, 0.05) is 0 Å². The Kier molecular flexibility index (Phi) is 2.84. The van der Waals surface area contributed by atoms with Crippen LogP contribution in [0.25, 0.3) is 0 Å². The van der Waals surface area contributed by atoms with Crippen LogP contribution in [0, 0.1) is 59.7 Å². The van der Waals surface area contributed by atoms with Crippen LogP contribution in [0.4, 0.5) is 0 Å². The Morgan fingerprint density at radius 2 is 1.84 bits per heavy atom. The van der Waals surface area contributed by atoms with E-state index in [0.29, 0.717) is 5.41 Å². The van der Waals surface area contributed by atoms with Crippen LogP contribution in [0.15, 0.2) is 0 Å². The fourth-order valence-corrected chi connectivity index (χ4v) is 5.64. The van der Waals surface area contributed by atoms with E-state index in [1.165, 1.54) is 38.5 Å². The largest absolute Gasteiger partial charge is 0.0619 e. The van der Waals surface area contributed by atoms with Gasteiger partial charge in [0.25, 0.3) is 0 Å². The molecule has 5 aliphatic rings. The van der Waals surface area contributed by atoms with Gasteiger partial charge in [0.1, 0.15) is 0 Å². The maximum Gasteiger partial charge on any atom is -0.00966 e. The predicted octanol–water partition coefficient (Wildman–Crippen LogP) is 5.02. The lowest BCUT2D eigenvalue weighted by Crippen LogP contribution is -2.56. The monoisotopic (exact) mass is 255 g/mol. The highest BCUT2D eigenvalue weighted by Gasteiger charge is 2.59. The zero-order valence-electron chi connectivity index (χ0n) is 12.7. The van der Waals surface area contributed by atoms with E-state index in [-0.39, 0.29) is 0 Å². The van der Waals surface area contributed by atoms with Crippen molar-refractivity contribution in [1.29, 1.82) is 0 Å². The van der Waals surface area contributed by atoms with Gasteiger partial charge in [0.05, 0.1) is 0 Å². The normalized spacial score (nSPS) is 46.9. The standard InChI is InChI=1S/C19H27/c1-12-17(10-14-11-18(12)19(14,2)3)16-9-8-13-6-4-5-7-15(13)16/h8-9,12,14,17-18H,4-7,10-11H2,1-3H3/t12-,14+,17?,18+/m1/s1. The maximum atomic E-state index is 2.54. The van der Waals surface area contributed by atoms with E-state index in [1.807, 2.05) is 0 Å². The first-order chi connectivity index (χ1) is 9.09. The summed E-state index contributed by atoms with van der Waals surface area (Å²) in [5.41, 5.74) is 0.628. The lowest BCUT2D eigenvalue weighted by Gasteiger charge is -2.63. The van der Waals surface area contributed by atoms with Crippen LogP contribution < -0.4 is 0 Å². The molecule has 0 saturated heterocycles. The summed E-state index contributed by atoms with van der Waals surface area (Å²) in [6.45, 7) is 7.56. The molecule has 0 heterocycles. The number of fused-ring (bicyclic) bond motifs is 3. The summed E-state index contributed by atoms with van der Waals surface area (Å²) < 4.78 is 0. The summed E-state index contributed by atoms with van der Waals surface area (Å²) in [7, 11) is 0. The molecule has 0 aromatic carbocycles. The van der Waals surface area contributed by atoms with Gasteiger partial charge >= 0.3 is 0 Å². The van der Waals surface area contributed by atoms with Crippen molar-refractivity contribution in [2.75, 3.05) is 0 Å². The van der Waals surface area contributed by atoms with Gasteiger partial charge in [-0.3, -0.25) is 0 Å². The highest BCUT2D eigenvalue weighted by atomic mass is 14.6. The molecule has 19 heavy (non-hydrogen) atoms. The summed E-state index contributed by atoms with van der Waals surface area (Å²) in [5.74, 6) is 8.95. The van der Waals surface area contributed by atoms with E-state index < -0.39 is 0 Å². The molecular weight excluding hydrogens is 228 g/mol. The first-order valence-electron chi connectivity index (χ1n) is 8.36. The molecule has 5 aliphatic carbocycles. The summed E-state index contributed by atoms with van der Waals surface area (Å²) in [6.07, 6.45) is 13.4. The molecule has 0 aromatic rings. The molecule has 0 nitrogen and oxygen atoms in total. The third-order valence-electron chi connectivity index (χ3n) is 7.08. The molecule has 0 aromatic heterocycles. The van der Waals surface area contributed by atoms with Crippen molar-refractivity contribution in [2.24, 2.45) is 29.1 Å². The minimum Gasteiger partial charge on any atom is -0.0619 e. The molecule has 1 unspecified atom stereocenters. The Balaban J connectivity index is 1.52. The van der Waals surface area contributed by atoms with Crippen molar-refractivity contribution < 1.29 is 0 Å². The molecule has 0 amide bonds. The second-order valence-corrected chi connectivity index (χ2v) is 8.06. The maximum absolute atomic E-state index is 2.54.